The number of benzene rings is 2. The van der Waals surface area contributed by atoms with E-state index >= 15 is 0 Å². The van der Waals surface area contributed by atoms with E-state index in [-0.39, 0.29) is 5.91 Å². The Hall–Kier alpha value is -3.32. The van der Waals surface area contributed by atoms with Crippen LogP contribution in [0.1, 0.15) is 5.89 Å². The molecule has 4 aromatic rings. The molecule has 0 saturated heterocycles. The predicted octanol–water partition coefficient (Wildman–Crippen LogP) is 4.00. The van der Waals surface area contributed by atoms with E-state index in [1.54, 1.807) is 0 Å². The number of oxazole rings is 1. The molecular weight excluding hydrogens is 336 g/mol. The Morgan fingerprint density at radius 1 is 1.04 bits per heavy atom. The van der Waals surface area contributed by atoms with Gasteiger partial charge in [0.2, 0.25) is 16.9 Å². The standard InChI is InChI=1S/C18H12N4O2S/c23-15(10-11-16-19-13-8-4-5-9-14(13)24-16)20-18-22-21-17(25-18)12-6-2-1-3-7-12/h1-11H,(H,20,22,23)/b11-10+. The summed E-state index contributed by atoms with van der Waals surface area (Å²) in [6.07, 6.45) is 2.88. The van der Waals surface area contributed by atoms with Crippen LogP contribution in [-0.4, -0.2) is 21.1 Å². The number of carbonyl (C=O) groups excluding carboxylic acids is 1. The summed E-state index contributed by atoms with van der Waals surface area (Å²) in [5.41, 5.74) is 2.39. The average molecular weight is 348 g/mol. The molecule has 0 unspecified atom stereocenters. The topological polar surface area (TPSA) is 80.9 Å². The summed E-state index contributed by atoms with van der Waals surface area (Å²) in [7, 11) is 0. The number of nitrogens with one attached hydrogen (secondary N) is 1. The molecule has 0 radical (unpaired) electrons. The van der Waals surface area contributed by atoms with Crippen molar-refractivity contribution in [1.29, 1.82) is 0 Å². The van der Waals surface area contributed by atoms with Crippen LogP contribution in [0.2, 0.25) is 0 Å². The molecule has 0 aliphatic heterocycles. The second-order valence-electron chi connectivity index (χ2n) is 5.12. The van der Waals surface area contributed by atoms with E-state index in [9.17, 15) is 4.79 Å². The second-order valence-corrected chi connectivity index (χ2v) is 6.10. The number of para-hydroxylation sites is 2. The number of hydrogen-bond acceptors (Lipinski definition) is 6. The first kappa shape index (κ1) is 15.2. The van der Waals surface area contributed by atoms with E-state index in [4.69, 9.17) is 4.42 Å². The van der Waals surface area contributed by atoms with Crippen LogP contribution in [0.3, 0.4) is 0 Å². The molecule has 0 fully saturated rings. The van der Waals surface area contributed by atoms with E-state index in [1.165, 1.54) is 23.5 Å². The first-order chi connectivity index (χ1) is 12.3. The van der Waals surface area contributed by atoms with Crippen molar-refractivity contribution in [2.45, 2.75) is 0 Å². The maximum absolute atomic E-state index is 12.0. The van der Waals surface area contributed by atoms with E-state index in [2.05, 4.69) is 20.5 Å². The van der Waals surface area contributed by atoms with Crippen LogP contribution in [0.25, 0.3) is 27.7 Å². The van der Waals surface area contributed by atoms with Gasteiger partial charge in [-0.05, 0) is 12.1 Å². The lowest BCUT2D eigenvalue weighted by molar-refractivity contribution is -0.111. The van der Waals surface area contributed by atoms with Gasteiger partial charge in [-0.25, -0.2) is 4.98 Å². The fraction of sp³-hybridized carbons (Fsp3) is 0. The Kier molecular flexibility index (Phi) is 4.05. The number of fused-ring (bicyclic) bond motifs is 1. The molecule has 122 valence electrons. The highest BCUT2D eigenvalue weighted by molar-refractivity contribution is 7.18. The number of carbonyl (C=O) groups is 1. The van der Waals surface area contributed by atoms with E-state index < -0.39 is 0 Å². The third-order valence-electron chi connectivity index (χ3n) is 3.36. The molecule has 0 atom stereocenters. The highest BCUT2D eigenvalue weighted by atomic mass is 32.1. The van der Waals surface area contributed by atoms with E-state index in [1.807, 2.05) is 54.6 Å². The molecular formula is C18H12N4O2S. The zero-order valence-electron chi connectivity index (χ0n) is 12.9. The maximum Gasteiger partial charge on any atom is 0.250 e. The van der Waals surface area contributed by atoms with Gasteiger partial charge >= 0.3 is 0 Å². The van der Waals surface area contributed by atoms with Crippen molar-refractivity contribution < 1.29 is 9.21 Å². The lowest BCUT2D eigenvalue weighted by Crippen LogP contribution is -2.07. The zero-order valence-corrected chi connectivity index (χ0v) is 13.7. The zero-order chi connectivity index (χ0) is 17.1. The number of nitrogens with zero attached hydrogens (tertiary/aromatic N) is 3. The van der Waals surface area contributed by atoms with Gasteiger partial charge in [0, 0.05) is 17.7 Å². The predicted molar refractivity (Wildman–Crippen MR) is 97.0 cm³/mol. The molecule has 1 N–H and O–H groups in total. The fourth-order valence-electron chi connectivity index (χ4n) is 2.23. The summed E-state index contributed by atoms with van der Waals surface area (Å²) in [6, 6.07) is 17.1. The van der Waals surface area contributed by atoms with Crippen molar-refractivity contribution in [3.63, 3.8) is 0 Å². The smallest absolute Gasteiger partial charge is 0.250 e. The minimum Gasteiger partial charge on any atom is -0.437 e. The van der Waals surface area contributed by atoms with Crippen molar-refractivity contribution >= 4 is 39.6 Å². The third kappa shape index (κ3) is 3.46. The molecule has 7 heteroatoms. The second kappa shape index (κ2) is 6.66. The molecule has 2 aromatic heterocycles. The van der Waals surface area contributed by atoms with Gasteiger partial charge in [-0.1, -0.05) is 53.8 Å². The van der Waals surface area contributed by atoms with Crippen molar-refractivity contribution in [3.8, 4) is 10.6 Å². The molecule has 2 aromatic carbocycles. The average Bonchev–Trinajstić information content (AvgIpc) is 3.27. The van der Waals surface area contributed by atoms with Crippen LogP contribution in [0.15, 0.2) is 65.1 Å². The van der Waals surface area contributed by atoms with Gasteiger partial charge in [-0.3, -0.25) is 10.1 Å². The summed E-state index contributed by atoms with van der Waals surface area (Å²) in [5.74, 6) is 0.0524. The first-order valence-electron chi connectivity index (χ1n) is 7.51. The van der Waals surface area contributed by atoms with E-state index in [0.717, 1.165) is 16.1 Å². The van der Waals surface area contributed by atoms with Gasteiger partial charge in [0.1, 0.15) is 10.5 Å². The molecule has 0 spiro atoms. The van der Waals surface area contributed by atoms with Crippen molar-refractivity contribution in [3.05, 3.63) is 66.6 Å². The van der Waals surface area contributed by atoms with Gasteiger partial charge in [0.15, 0.2) is 5.58 Å². The molecule has 0 saturated carbocycles. The molecule has 6 nitrogen and oxygen atoms in total. The van der Waals surface area contributed by atoms with Crippen molar-refractivity contribution in [2.75, 3.05) is 5.32 Å². The molecule has 0 bridgehead atoms. The van der Waals surface area contributed by atoms with Gasteiger partial charge in [0.25, 0.3) is 0 Å². The highest BCUT2D eigenvalue weighted by Gasteiger charge is 2.08. The lowest BCUT2D eigenvalue weighted by atomic mass is 10.2. The summed E-state index contributed by atoms with van der Waals surface area (Å²) in [6.45, 7) is 0. The number of anilines is 1. The third-order valence-corrected chi connectivity index (χ3v) is 4.25. The lowest BCUT2D eigenvalue weighted by Gasteiger charge is -1.94. The Morgan fingerprint density at radius 2 is 1.84 bits per heavy atom. The number of aromatic nitrogens is 3. The summed E-state index contributed by atoms with van der Waals surface area (Å²) in [4.78, 5) is 16.3. The summed E-state index contributed by atoms with van der Waals surface area (Å²) < 4.78 is 5.53. The minimum absolute atomic E-state index is 0.321. The van der Waals surface area contributed by atoms with Gasteiger partial charge in [-0.2, -0.15) is 0 Å². The van der Waals surface area contributed by atoms with Gasteiger partial charge < -0.3 is 4.42 Å². The van der Waals surface area contributed by atoms with Gasteiger partial charge in [0.05, 0.1) is 0 Å². The largest absolute Gasteiger partial charge is 0.437 e. The molecule has 2 heterocycles. The van der Waals surface area contributed by atoms with Crippen LogP contribution < -0.4 is 5.32 Å². The molecule has 0 aliphatic rings. The normalized spacial score (nSPS) is 11.2. The molecule has 25 heavy (non-hydrogen) atoms. The fourth-order valence-corrected chi connectivity index (χ4v) is 2.98. The number of rotatable bonds is 4. The molecule has 4 rings (SSSR count). The summed E-state index contributed by atoms with van der Waals surface area (Å²) in [5, 5.41) is 11.9. The van der Waals surface area contributed by atoms with Crippen LogP contribution in [0.4, 0.5) is 5.13 Å². The maximum atomic E-state index is 12.0. The van der Waals surface area contributed by atoms with Crippen LogP contribution in [0.5, 0.6) is 0 Å². The van der Waals surface area contributed by atoms with Crippen LogP contribution in [0, 0.1) is 0 Å². The molecule has 0 aliphatic carbocycles. The Balaban J connectivity index is 1.44. The summed E-state index contributed by atoms with van der Waals surface area (Å²) >= 11 is 1.31. The highest BCUT2D eigenvalue weighted by Crippen LogP contribution is 2.25. The SMILES string of the molecule is O=C(/C=C/c1nc2ccccc2o1)Nc1nnc(-c2ccccc2)s1. The van der Waals surface area contributed by atoms with Crippen LogP contribution >= 0.6 is 11.3 Å². The van der Waals surface area contributed by atoms with Crippen LogP contribution in [-0.2, 0) is 4.79 Å². The van der Waals surface area contributed by atoms with Gasteiger partial charge in [-0.15, -0.1) is 10.2 Å². The Morgan fingerprint density at radius 3 is 2.68 bits per heavy atom. The van der Waals surface area contributed by atoms with Crippen molar-refractivity contribution in [1.82, 2.24) is 15.2 Å². The Labute approximate surface area is 146 Å². The Bertz CT molecular complexity index is 1020. The van der Waals surface area contributed by atoms with Crippen molar-refractivity contribution in [2.24, 2.45) is 0 Å². The van der Waals surface area contributed by atoms with E-state index in [0.29, 0.717) is 16.6 Å². The first-order valence-corrected chi connectivity index (χ1v) is 8.33. The number of hydrogen-bond donors (Lipinski definition) is 1. The number of amides is 1. The monoisotopic (exact) mass is 348 g/mol. The minimum atomic E-state index is -0.321. The molecule has 1 amide bonds. The quantitative estimate of drug-likeness (QED) is 0.564.